The van der Waals surface area contributed by atoms with E-state index in [1.807, 2.05) is 6.33 Å². The fourth-order valence-corrected chi connectivity index (χ4v) is 2.44. The molecule has 4 nitrogen and oxygen atoms in total. The van der Waals surface area contributed by atoms with Crippen molar-refractivity contribution in [3.8, 4) is 0 Å². The maximum Gasteiger partial charge on any atom is 0.150 e. The Morgan fingerprint density at radius 2 is 2.27 bits per heavy atom. The zero-order valence-corrected chi connectivity index (χ0v) is 9.19. The Hall–Kier alpha value is -0.900. The number of aromatic nitrogens is 3. The highest BCUT2D eigenvalue weighted by Crippen LogP contribution is 2.37. The standard InChI is InChI=1S/C11H18N4/c1-8-4-5-12-10(6-8)11-14-13-7-15(11)9-2-3-9/h7-10,12H,2-6H2,1H3. The van der Waals surface area contributed by atoms with E-state index in [1.165, 1.54) is 25.7 Å². The van der Waals surface area contributed by atoms with Crippen LogP contribution in [0.5, 0.6) is 0 Å². The number of piperidine rings is 1. The quantitative estimate of drug-likeness (QED) is 0.800. The Bertz CT molecular complexity index is 342. The monoisotopic (exact) mass is 206 g/mol. The maximum absolute atomic E-state index is 4.29. The summed E-state index contributed by atoms with van der Waals surface area (Å²) in [4.78, 5) is 0. The van der Waals surface area contributed by atoms with Crippen LogP contribution >= 0.6 is 0 Å². The van der Waals surface area contributed by atoms with Gasteiger partial charge >= 0.3 is 0 Å². The Morgan fingerprint density at radius 3 is 3.00 bits per heavy atom. The average Bonchev–Trinajstić information content (AvgIpc) is 2.96. The predicted molar refractivity (Wildman–Crippen MR) is 57.4 cm³/mol. The maximum atomic E-state index is 4.29. The van der Waals surface area contributed by atoms with E-state index in [0.717, 1.165) is 18.3 Å². The minimum Gasteiger partial charge on any atom is -0.313 e. The van der Waals surface area contributed by atoms with Crippen molar-refractivity contribution in [2.24, 2.45) is 5.92 Å². The number of hydrogen-bond acceptors (Lipinski definition) is 3. The molecule has 0 amide bonds. The van der Waals surface area contributed by atoms with Gasteiger partial charge < -0.3 is 9.88 Å². The summed E-state index contributed by atoms with van der Waals surface area (Å²) in [5.74, 6) is 1.96. The zero-order valence-electron chi connectivity index (χ0n) is 9.19. The zero-order chi connectivity index (χ0) is 10.3. The van der Waals surface area contributed by atoms with Crippen LogP contribution in [-0.2, 0) is 0 Å². The van der Waals surface area contributed by atoms with Gasteiger partial charge in [-0.3, -0.25) is 0 Å². The van der Waals surface area contributed by atoms with Gasteiger partial charge in [0.05, 0.1) is 6.04 Å². The van der Waals surface area contributed by atoms with E-state index in [2.05, 4.69) is 27.0 Å². The Morgan fingerprint density at radius 1 is 1.40 bits per heavy atom. The molecule has 0 radical (unpaired) electrons. The van der Waals surface area contributed by atoms with E-state index in [4.69, 9.17) is 0 Å². The summed E-state index contributed by atoms with van der Waals surface area (Å²) in [5.41, 5.74) is 0. The molecule has 4 heteroatoms. The first-order valence-corrected chi connectivity index (χ1v) is 5.97. The van der Waals surface area contributed by atoms with Gasteiger partial charge in [-0.15, -0.1) is 10.2 Å². The summed E-state index contributed by atoms with van der Waals surface area (Å²) in [6.45, 7) is 3.44. The van der Waals surface area contributed by atoms with Gasteiger partial charge in [-0.1, -0.05) is 6.92 Å². The highest BCUT2D eigenvalue weighted by Gasteiger charge is 2.30. The summed E-state index contributed by atoms with van der Waals surface area (Å²) in [6, 6.07) is 1.12. The summed E-state index contributed by atoms with van der Waals surface area (Å²) in [5, 5.41) is 11.9. The predicted octanol–water partition coefficient (Wildman–Crippen LogP) is 1.67. The number of nitrogens with one attached hydrogen (secondary N) is 1. The molecule has 2 unspecified atom stereocenters. The van der Waals surface area contributed by atoms with Gasteiger partial charge in [0, 0.05) is 6.04 Å². The van der Waals surface area contributed by atoms with Crippen molar-refractivity contribution < 1.29 is 0 Å². The molecule has 15 heavy (non-hydrogen) atoms. The first kappa shape index (κ1) is 9.33. The molecular weight excluding hydrogens is 188 g/mol. The van der Waals surface area contributed by atoms with Crippen molar-refractivity contribution in [3.63, 3.8) is 0 Å². The molecule has 0 spiro atoms. The average molecular weight is 206 g/mol. The summed E-state index contributed by atoms with van der Waals surface area (Å²) >= 11 is 0. The van der Waals surface area contributed by atoms with Crippen LogP contribution in [0.2, 0.25) is 0 Å². The van der Waals surface area contributed by atoms with Crippen LogP contribution in [0.1, 0.15) is 50.5 Å². The Labute approximate surface area is 90.1 Å². The fourth-order valence-electron chi connectivity index (χ4n) is 2.44. The first-order chi connectivity index (χ1) is 7.34. The molecule has 2 heterocycles. The van der Waals surface area contributed by atoms with Crippen LogP contribution in [0.3, 0.4) is 0 Å². The van der Waals surface area contributed by atoms with Crippen LogP contribution in [-0.4, -0.2) is 21.3 Å². The van der Waals surface area contributed by atoms with Gasteiger partial charge in [-0.2, -0.15) is 0 Å². The van der Waals surface area contributed by atoms with Crippen molar-refractivity contribution in [3.05, 3.63) is 12.2 Å². The lowest BCUT2D eigenvalue weighted by Crippen LogP contribution is -2.32. The molecule has 2 aliphatic rings. The van der Waals surface area contributed by atoms with Crippen molar-refractivity contribution in [2.45, 2.75) is 44.7 Å². The SMILES string of the molecule is CC1CCNC(c2nncn2C2CC2)C1. The molecule has 0 bridgehead atoms. The van der Waals surface area contributed by atoms with Gasteiger partial charge in [-0.25, -0.2) is 0 Å². The molecule has 1 aromatic rings. The van der Waals surface area contributed by atoms with Crippen LogP contribution in [0.15, 0.2) is 6.33 Å². The number of rotatable bonds is 2. The lowest BCUT2D eigenvalue weighted by molar-refractivity contribution is 0.309. The fraction of sp³-hybridized carbons (Fsp3) is 0.818. The Kier molecular flexibility index (Phi) is 2.24. The molecule has 82 valence electrons. The molecule has 1 saturated heterocycles. The second kappa shape index (κ2) is 3.59. The molecule has 1 aliphatic carbocycles. The molecule has 1 aliphatic heterocycles. The van der Waals surface area contributed by atoms with Gasteiger partial charge in [0.25, 0.3) is 0 Å². The third-order valence-corrected chi connectivity index (χ3v) is 3.52. The summed E-state index contributed by atoms with van der Waals surface area (Å²) in [7, 11) is 0. The normalized spacial score (nSPS) is 31.8. The minimum atomic E-state index is 0.428. The van der Waals surface area contributed by atoms with Crippen molar-refractivity contribution in [1.82, 2.24) is 20.1 Å². The molecule has 1 saturated carbocycles. The van der Waals surface area contributed by atoms with Gasteiger partial charge in [0.2, 0.25) is 0 Å². The molecule has 1 aromatic heterocycles. The van der Waals surface area contributed by atoms with E-state index in [0.29, 0.717) is 12.1 Å². The molecule has 2 fully saturated rings. The Balaban J connectivity index is 1.81. The highest BCUT2D eigenvalue weighted by molar-refractivity contribution is 5.02. The largest absolute Gasteiger partial charge is 0.313 e. The van der Waals surface area contributed by atoms with E-state index in [1.54, 1.807) is 0 Å². The van der Waals surface area contributed by atoms with E-state index in [-0.39, 0.29) is 0 Å². The third kappa shape index (κ3) is 1.78. The van der Waals surface area contributed by atoms with Crippen molar-refractivity contribution in [2.75, 3.05) is 6.54 Å². The molecule has 3 rings (SSSR count). The molecule has 2 atom stereocenters. The second-order valence-electron chi connectivity index (χ2n) is 4.96. The lowest BCUT2D eigenvalue weighted by Gasteiger charge is -2.27. The minimum absolute atomic E-state index is 0.428. The van der Waals surface area contributed by atoms with Crippen molar-refractivity contribution >= 4 is 0 Å². The first-order valence-electron chi connectivity index (χ1n) is 5.97. The lowest BCUT2D eigenvalue weighted by atomic mass is 9.94. The van der Waals surface area contributed by atoms with Crippen LogP contribution < -0.4 is 5.32 Å². The highest BCUT2D eigenvalue weighted by atomic mass is 15.3. The van der Waals surface area contributed by atoms with Gasteiger partial charge in [-0.05, 0) is 38.1 Å². The van der Waals surface area contributed by atoms with E-state index in [9.17, 15) is 0 Å². The third-order valence-electron chi connectivity index (χ3n) is 3.52. The van der Waals surface area contributed by atoms with E-state index < -0.39 is 0 Å². The topological polar surface area (TPSA) is 42.7 Å². The summed E-state index contributed by atoms with van der Waals surface area (Å²) in [6.07, 6.45) is 6.98. The number of nitrogens with zero attached hydrogens (tertiary/aromatic N) is 3. The van der Waals surface area contributed by atoms with Gasteiger partial charge in [0.15, 0.2) is 0 Å². The molecular formula is C11H18N4. The molecule has 1 N–H and O–H groups in total. The van der Waals surface area contributed by atoms with Crippen LogP contribution in [0.4, 0.5) is 0 Å². The second-order valence-corrected chi connectivity index (χ2v) is 4.96. The summed E-state index contributed by atoms with van der Waals surface area (Å²) < 4.78 is 2.27. The van der Waals surface area contributed by atoms with E-state index >= 15 is 0 Å². The van der Waals surface area contributed by atoms with Crippen LogP contribution in [0, 0.1) is 5.92 Å². The van der Waals surface area contributed by atoms with Gasteiger partial charge in [0.1, 0.15) is 12.2 Å². The molecule has 0 aromatic carbocycles. The van der Waals surface area contributed by atoms with Crippen LogP contribution in [0.25, 0.3) is 0 Å². The number of hydrogen-bond donors (Lipinski definition) is 1. The van der Waals surface area contributed by atoms with Crippen molar-refractivity contribution in [1.29, 1.82) is 0 Å². The smallest absolute Gasteiger partial charge is 0.150 e.